The van der Waals surface area contributed by atoms with Crippen LogP contribution in [0.1, 0.15) is 32.4 Å². The number of sulfone groups is 1. The van der Waals surface area contributed by atoms with Crippen molar-refractivity contribution < 1.29 is 8.42 Å². The van der Waals surface area contributed by atoms with Gasteiger partial charge in [0.25, 0.3) is 0 Å². The van der Waals surface area contributed by atoms with E-state index < -0.39 is 9.84 Å². The van der Waals surface area contributed by atoms with Crippen LogP contribution < -0.4 is 5.32 Å². The first-order chi connectivity index (χ1) is 7.93. The molecule has 0 aliphatic heterocycles. The molecule has 1 heterocycles. The molecule has 4 nitrogen and oxygen atoms in total. The molecule has 1 N–H and O–H groups in total. The predicted molar refractivity (Wildman–Crippen MR) is 69.6 cm³/mol. The Hall–Kier alpha value is -0.940. The normalized spacial score (nSPS) is 13.9. The number of nitrogens with zero attached hydrogens (tertiary/aromatic N) is 1. The second-order valence-corrected chi connectivity index (χ2v) is 7.05. The highest BCUT2D eigenvalue weighted by molar-refractivity contribution is 7.92. The summed E-state index contributed by atoms with van der Waals surface area (Å²) in [6.45, 7) is 5.88. The van der Waals surface area contributed by atoms with Crippen molar-refractivity contribution in [3.05, 3.63) is 30.1 Å². The summed E-state index contributed by atoms with van der Waals surface area (Å²) in [5.41, 5.74) is 1.06. The number of aromatic nitrogens is 1. The lowest BCUT2D eigenvalue weighted by Crippen LogP contribution is -2.29. The minimum atomic E-state index is -2.95. The third-order valence-electron chi connectivity index (χ3n) is 2.74. The van der Waals surface area contributed by atoms with Gasteiger partial charge in [-0.15, -0.1) is 0 Å². The zero-order valence-electron chi connectivity index (χ0n) is 10.6. The molecule has 1 aromatic heterocycles. The highest BCUT2D eigenvalue weighted by Crippen LogP contribution is 2.09. The van der Waals surface area contributed by atoms with Crippen LogP contribution >= 0.6 is 0 Å². The van der Waals surface area contributed by atoms with E-state index >= 15 is 0 Å². The van der Waals surface area contributed by atoms with E-state index in [0.717, 1.165) is 5.56 Å². The Bertz CT molecular complexity index is 429. The van der Waals surface area contributed by atoms with E-state index in [2.05, 4.69) is 10.3 Å². The molecule has 1 rings (SSSR count). The van der Waals surface area contributed by atoms with Gasteiger partial charge in [0.05, 0.1) is 11.0 Å². The molecule has 0 aliphatic rings. The van der Waals surface area contributed by atoms with Gasteiger partial charge in [0, 0.05) is 25.0 Å². The molecule has 0 spiro atoms. The zero-order valence-corrected chi connectivity index (χ0v) is 11.4. The Labute approximate surface area is 103 Å². The van der Waals surface area contributed by atoms with E-state index in [9.17, 15) is 8.42 Å². The fourth-order valence-electron chi connectivity index (χ4n) is 1.40. The fourth-order valence-corrected chi connectivity index (χ4v) is 2.28. The lowest BCUT2D eigenvalue weighted by atomic mass is 10.1. The van der Waals surface area contributed by atoms with Crippen molar-refractivity contribution in [2.75, 3.05) is 12.3 Å². The maximum absolute atomic E-state index is 11.6. The van der Waals surface area contributed by atoms with Crippen molar-refractivity contribution in [3.8, 4) is 0 Å². The van der Waals surface area contributed by atoms with Gasteiger partial charge in [-0.05, 0) is 32.4 Å². The van der Waals surface area contributed by atoms with Crippen molar-refractivity contribution in [2.45, 2.75) is 32.1 Å². The molecular weight excluding hydrogens is 236 g/mol. The first-order valence-electron chi connectivity index (χ1n) is 5.78. The average molecular weight is 256 g/mol. The van der Waals surface area contributed by atoms with E-state index in [0.29, 0.717) is 6.54 Å². The van der Waals surface area contributed by atoms with Crippen LogP contribution in [-0.2, 0) is 9.84 Å². The van der Waals surface area contributed by atoms with Crippen LogP contribution in [0.15, 0.2) is 24.5 Å². The number of pyridine rings is 1. The standard InChI is InChI=1S/C12H20N2O2S/c1-10(2)17(15,16)8-7-14-11(3)12-5-4-6-13-9-12/h4-6,9-11,14H,7-8H2,1-3H3. The van der Waals surface area contributed by atoms with Gasteiger partial charge in [0.1, 0.15) is 0 Å². The summed E-state index contributed by atoms with van der Waals surface area (Å²) in [4.78, 5) is 4.03. The fraction of sp³-hybridized carbons (Fsp3) is 0.583. The van der Waals surface area contributed by atoms with Gasteiger partial charge < -0.3 is 5.32 Å². The molecule has 0 radical (unpaired) electrons. The van der Waals surface area contributed by atoms with Crippen LogP contribution in [0.4, 0.5) is 0 Å². The molecule has 0 amide bonds. The smallest absolute Gasteiger partial charge is 0.153 e. The van der Waals surface area contributed by atoms with Crippen molar-refractivity contribution >= 4 is 9.84 Å². The molecule has 0 saturated carbocycles. The van der Waals surface area contributed by atoms with Crippen LogP contribution in [-0.4, -0.2) is 30.9 Å². The number of hydrogen-bond acceptors (Lipinski definition) is 4. The molecule has 0 aromatic carbocycles. The monoisotopic (exact) mass is 256 g/mol. The Morgan fingerprint density at radius 3 is 2.59 bits per heavy atom. The molecule has 0 saturated heterocycles. The summed E-state index contributed by atoms with van der Waals surface area (Å²) in [7, 11) is -2.95. The van der Waals surface area contributed by atoms with E-state index in [1.54, 1.807) is 26.2 Å². The average Bonchev–Trinajstić information content (AvgIpc) is 2.29. The Balaban J connectivity index is 2.43. The molecule has 1 aromatic rings. The van der Waals surface area contributed by atoms with Crippen LogP contribution in [0.5, 0.6) is 0 Å². The second-order valence-electron chi connectivity index (χ2n) is 4.38. The third kappa shape index (κ3) is 4.44. The summed E-state index contributed by atoms with van der Waals surface area (Å²) < 4.78 is 23.2. The number of rotatable bonds is 6. The van der Waals surface area contributed by atoms with Gasteiger partial charge in [-0.2, -0.15) is 0 Å². The summed E-state index contributed by atoms with van der Waals surface area (Å²) in [5, 5.41) is 2.88. The molecule has 17 heavy (non-hydrogen) atoms. The van der Waals surface area contributed by atoms with Gasteiger partial charge in [-0.25, -0.2) is 8.42 Å². The third-order valence-corrected chi connectivity index (χ3v) is 4.95. The van der Waals surface area contributed by atoms with E-state index in [4.69, 9.17) is 0 Å². The summed E-state index contributed by atoms with van der Waals surface area (Å²) in [6, 6.07) is 3.96. The maximum Gasteiger partial charge on any atom is 0.153 e. The largest absolute Gasteiger partial charge is 0.309 e. The molecule has 0 fully saturated rings. The quantitative estimate of drug-likeness (QED) is 0.839. The van der Waals surface area contributed by atoms with Crippen molar-refractivity contribution in [3.63, 3.8) is 0 Å². The Morgan fingerprint density at radius 2 is 2.06 bits per heavy atom. The lowest BCUT2D eigenvalue weighted by Gasteiger charge is -2.14. The van der Waals surface area contributed by atoms with E-state index in [-0.39, 0.29) is 17.0 Å². The molecule has 0 bridgehead atoms. The molecule has 1 atom stereocenters. The van der Waals surface area contributed by atoms with Gasteiger partial charge >= 0.3 is 0 Å². The zero-order chi connectivity index (χ0) is 12.9. The minimum Gasteiger partial charge on any atom is -0.309 e. The molecule has 96 valence electrons. The summed E-state index contributed by atoms with van der Waals surface area (Å²) in [5.74, 6) is 0.176. The van der Waals surface area contributed by atoms with E-state index in [1.165, 1.54) is 0 Å². The first kappa shape index (κ1) is 14.1. The van der Waals surface area contributed by atoms with Gasteiger partial charge in [-0.1, -0.05) is 6.07 Å². The summed E-state index contributed by atoms with van der Waals surface area (Å²) in [6.07, 6.45) is 3.51. The number of nitrogens with one attached hydrogen (secondary N) is 1. The maximum atomic E-state index is 11.6. The van der Waals surface area contributed by atoms with Crippen LogP contribution in [0.3, 0.4) is 0 Å². The van der Waals surface area contributed by atoms with Gasteiger partial charge in [-0.3, -0.25) is 4.98 Å². The Kier molecular flexibility index (Phi) is 5.08. The van der Waals surface area contributed by atoms with E-state index in [1.807, 2.05) is 19.1 Å². The topological polar surface area (TPSA) is 59.1 Å². The van der Waals surface area contributed by atoms with Gasteiger partial charge in [0.2, 0.25) is 0 Å². The molecular formula is C12H20N2O2S. The van der Waals surface area contributed by atoms with Crippen LogP contribution in [0.2, 0.25) is 0 Å². The van der Waals surface area contributed by atoms with Crippen molar-refractivity contribution in [2.24, 2.45) is 0 Å². The SMILES string of the molecule is CC(NCCS(=O)(=O)C(C)C)c1cccnc1. The molecule has 5 heteroatoms. The number of hydrogen-bond donors (Lipinski definition) is 1. The minimum absolute atomic E-state index is 0.117. The molecule has 1 unspecified atom stereocenters. The predicted octanol–water partition coefficient (Wildman–Crippen LogP) is 1.56. The molecule has 0 aliphatic carbocycles. The van der Waals surface area contributed by atoms with Crippen LogP contribution in [0, 0.1) is 0 Å². The Morgan fingerprint density at radius 1 is 1.35 bits per heavy atom. The van der Waals surface area contributed by atoms with Gasteiger partial charge in [0.15, 0.2) is 9.84 Å². The van der Waals surface area contributed by atoms with Crippen molar-refractivity contribution in [1.82, 2.24) is 10.3 Å². The highest BCUT2D eigenvalue weighted by atomic mass is 32.2. The van der Waals surface area contributed by atoms with Crippen LogP contribution in [0.25, 0.3) is 0 Å². The highest BCUT2D eigenvalue weighted by Gasteiger charge is 2.15. The first-order valence-corrected chi connectivity index (χ1v) is 7.50. The lowest BCUT2D eigenvalue weighted by molar-refractivity contribution is 0.566. The second kappa shape index (κ2) is 6.12. The van der Waals surface area contributed by atoms with Crippen molar-refractivity contribution in [1.29, 1.82) is 0 Å². The summed E-state index contributed by atoms with van der Waals surface area (Å²) >= 11 is 0.